The Bertz CT molecular complexity index is 889. The van der Waals surface area contributed by atoms with Crippen LogP contribution in [0.1, 0.15) is 32.0 Å². The summed E-state index contributed by atoms with van der Waals surface area (Å²) in [5, 5.41) is 5.78. The lowest BCUT2D eigenvalue weighted by atomic mass is 10.1. The van der Waals surface area contributed by atoms with Crippen molar-refractivity contribution in [2.75, 3.05) is 20.2 Å². The summed E-state index contributed by atoms with van der Waals surface area (Å²) in [5.41, 5.74) is 2.39. The first-order valence-corrected chi connectivity index (χ1v) is 10.8. The topological polar surface area (TPSA) is 80.8 Å². The van der Waals surface area contributed by atoms with Crippen LogP contribution >= 0.6 is 11.3 Å². The second kappa shape index (κ2) is 9.14. The van der Waals surface area contributed by atoms with Crippen molar-refractivity contribution in [3.05, 3.63) is 40.9 Å². The molecular weight excluding hydrogens is 402 g/mol. The van der Waals surface area contributed by atoms with E-state index in [1.54, 1.807) is 12.0 Å². The number of benzene rings is 1. The number of ether oxygens (including phenoxy) is 2. The van der Waals surface area contributed by atoms with Gasteiger partial charge in [-0.25, -0.2) is 9.78 Å². The first-order chi connectivity index (χ1) is 14.1. The maximum atomic E-state index is 12.6. The van der Waals surface area contributed by atoms with Crippen molar-refractivity contribution in [2.45, 2.75) is 51.9 Å². The number of aromatic nitrogens is 1. The fourth-order valence-electron chi connectivity index (χ4n) is 3.27. The normalized spacial score (nSPS) is 19.0. The highest BCUT2D eigenvalue weighted by Gasteiger charge is 2.38. The van der Waals surface area contributed by atoms with Crippen molar-refractivity contribution >= 4 is 23.3 Å². The average molecular weight is 432 g/mol. The molecule has 7 nitrogen and oxygen atoms in total. The summed E-state index contributed by atoms with van der Waals surface area (Å²) in [6, 6.07) is 7.87. The number of hydrogen-bond donors (Lipinski definition) is 1. The Labute approximate surface area is 181 Å². The van der Waals surface area contributed by atoms with Gasteiger partial charge in [0.15, 0.2) is 0 Å². The minimum Gasteiger partial charge on any atom is -0.444 e. The summed E-state index contributed by atoms with van der Waals surface area (Å²) in [5.74, 6) is -0.145. The van der Waals surface area contributed by atoms with E-state index in [4.69, 9.17) is 9.47 Å². The van der Waals surface area contributed by atoms with Crippen LogP contribution in [0.3, 0.4) is 0 Å². The molecule has 2 unspecified atom stereocenters. The van der Waals surface area contributed by atoms with E-state index < -0.39 is 11.7 Å². The smallest absolute Gasteiger partial charge is 0.410 e. The molecule has 30 heavy (non-hydrogen) atoms. The second-order valence-electron chi connectivity index (χ2n) is 8.52. The molecule has 0 saturated carbocycles. The van der Waals surface area contributed by atoms with Gasteiger partial charge in [0.05, 0.1) is 30.8 Å². The van der Waals surface area contributed by atoms with Crippen molar-refractivity contribution in [1.82, 2.24) is 15.2 Å². The summed E-state index contributed by atoms with van der Waals surface area (Å²) >= 11 is 1.52. The lowest BCUT2D eigenvalue weighted by Crippen LogP contribution is -2.44. The Balaban J connectivity index is 1.57. The highest BCUT2D eigenvalue weighted by atomic mass is 32.1. The molecular formula is C22H29N3O4S. The molecule has 8 heteroatoms. The van der Waals surface area contributed by atoms with E-state index in [0.29, 0.717) is 13.1 Å². The Kier molecular flexibility index (Phi) is 6.77. The van der Waals surface area contributed by atoms with Crippen LogP contribution in [0.2, 0.25) is 0 Å². The average Bonchev–Trinajstić information content (AvgIpc) is 3.28. The fourth-order valence-corrected chi connectivity index (χ4v) is 4.09. The van der Waals surface area contributed by atoms with Gasteiger partial charge in [-0.3, -0.25) is 4.79 Å². The number of aryl methyl sites for hydroxylation is 1. The summed E-state index contributed by atoms with van der Waals surface area (Å²) in [7, 11) is 1.58. The Morgan fingerprint density at radius 1 is 1.23 bits per heavy atom. The zero-order chi connectivity index (χ0) is 21.9. The Morgan fingerprint density at radius 2 is 1.93 bits per heavy atom. The molecule has 0 spiro atoms. The number of thiazole rings is 1. The third-order valence-corrected chi connectivity index (χ3v) is 5.70. The van der Waals surface area contributed by atoms with Gasteiger partial charge in [0.25, 0.3) is 0 Å². The van der Waals surface area contributed by atoms with Gasteiger partial charge in [0.1, 0.15) is 10.6 Å². The highest BCUT2D eigenvalue weighted by molar-refractivity contribution is 7.13. The van der Waals surface area contributed by atoms with Crippen LogP contribution in [0, 0.1) is 6.92 Å². The Hall–Kier alpha value is -2.45. The molecule has 162 valence electrons. The predicted molar refractivity (Wildman–Crippen MR) is 117 cm³/mol. The van der Waals surface area contributed by atoms with Crippen molar-refractivity contribution < 1.29 is 19.1 Å². The molecule has 1 aromatic heterocycles. The molecule has 0 radical (unpaired) electrons. The van der Waals surface area contributed by atoms with Gasteiger partial charge in [-0.15, -0.1) is 11.3 Å². The van der Waals surface area contributed by atoms with Crippen LogP contribution < -0.4 is 5.32 Å². The van der Waals surface area contributed by atoms with Crippen LogP contribution in [0.4, 0.5) is 4.79 Å². The van der Waals surface area contributed by atoms with Gasteiger partial charge in [-0.1, -0.05) is 29.8 Å². The summed E-state index contributed by atoms with van der Waals surface area (Å²) < 4.78 is 10.9. The number of nitrogens with zero attached hydrogens (tertiary/aromatic N) is 2. The number of methoxy groups -OCH3 is 1. The fraction of sp³-hybridized carbons (Fsp3) is 0.500. The number of amides is 2. The van der Waals surface area contributed by atoms with Crippen molar-refractivity contribution in [2.24, 2.45) is 0 Å². The largest absolute Gasteiger partial charge is 0.444 e. The van der Waals surface area contributed by atoms with Crippen molar-refractivity contribution in [1.29, 1.82) is 0 Å². The first kappa shape index (κ1) is 22.2. The van der Waals surface area contributed by atoms with Crippen LogP contribution in [-0.4, -0.2) is 59.8 Å². The molecule has 1 aliphatic rings. The molecule has 1 N–H and O–H groups in total. The van der Waals surface area contributed by atoms with Crippen LogP contribution in [0.15, 0.2) is 29.6 Å². The molecule has 1 saturated heterocycles. The van der Waals surface area contributed by atoms with Crippen LogP contribution in [0.5, 0.6) is 0 Å². The quantitative estimate of drug-likeness (QED) is 0.785. The molecule has 3 rings (SSSR count). The molecule has 2 aromatic rings. The van der Waals surface area contributed by atoms with Gasteiger partial charge in [0, 0.05) is 24.6 Å². The zero-order valence-corrected chi connectivity index (χ0v) is 18.9. The summed E-state index contributed by atoms with van der Waals surface area (Å²) in [4.78, 5) is 31.1. The third-order valence-electron chi connectivity index (χ3n) is 4.76. The number of likely N-dealkylation sites (tertiary alicyclic amines) is 1. The van der Waals surface area contributed by atoms with E-state index in [1.165, 1.54) is 16.9 Å². The summed E-state index contributed by atoms with van der Waals surface area (Å²) in [6.45, 7) is 8.25. The number of hydrogen-bond acceptors (Lipinski definition) is 6. The minimum atomic E-state index is -0.569. The monoisotopic (exact) mass is 431 g/mol. The number of carbonyl (C=O) groups excluding carboxylic acids is 2. The molecule has 2 atom stereocenters. The first-order valence-electron chi connectivity index (χ1n) is 9.96. The maximum absolute atomic E-state index is 12.6. The Morgan fingerprint density at radius 3 is 2.57 bits per heavy atom. The van der Waals surface area contributed by atoms with E-state index in [2.05, 4.69) is 10.3 Å². The lowest BCUT2D eigenvalue weighted by Gasteiger charge is -2.24. The minimum absolute atomic E-state index is 0.145. The molecule has 1 aliphatic heterocycles. The molecule has 0 bridgehead atoms. The predicted octanol–water partition coefficient (Wildman–Crippen LogP) is 3.41. The highest BCUT2D eigenvalue weighted by Crippen LogP contribution is 2.24. The third kappa shape index (κ3) is 5.79. The van der Waals surface area contributed by atoms with Crippen LogP contribution in [0.25, 0.3) is 10.6 Å². The maximum Gasteiger partial charge on any atom is 0.410 e. The van der Waals surface area contributed by atoms with Crippen LogP contribution in [-0.2, 0) is 20.7 Å². The number of carbonyl (C=O) groups is 2. The van der Waals surface area contributed by atoms with Gasteiger partial charge < -0.3 is 19.7 Å². The van der Waals surface area contributed by atoms with Crippen molar-refractivity contribution in [3.63, 3.8) is 0 Å². The van der Waals surface area contributed by atoms with Gasteiger partial charge in [-0.2, -0.15) is 0 Å². The lowest BCUT2D eigenvalue weighted by molar-refractivity contribution is -0.121. The standard InChI is InChI=1S/C22H29N3O4S/c1-14-6-8-15(9-7-14)20-23-16(13-30-20)10-19(26)24-17-11-25(12-18(17)28-5)21(27)29-22(2,3)4/h6-9,13,17-18H,10-12H2,1-5H3,(H,24,26). The van der Waals surface area contributed by atoms with Crippen molar-refractivity contribution in [3.8, 4) is 10.6 Å². The second-order valence-corrected chi connectivity index (χ2v) is 9.38. The zero-order valence-electron chi connectivity index (χ0n) is 18.1. The van der Waals surface area contributed by atoms with E-state index >= 15 is 0 Å². The molecule has 2 amide bonds. The van der Waals surface area contributed by atoms with E-state index in [0.717, 1.165) is 16.3 Å². The molecule has 2 heterocycles. The SMILES string of the molecule is COC1CN(C(=O)OC(C)(C)C)CC1NC(=O)Cc1csc(-c2ccc(C)cc2)n1. The molecule has 0 aliphatic carbocycles. The van der Waals surface area contributed by atoms with E-state index in [-0.39, 0.29) is 24.5 Å². The molecule has 1 fully saturated rings. The van der Waals surface area contributed by atoms with Gasteiger partial charge >= 0.3 is 6.09 Å². The molecule has 1 aromatic carbocycles. The van der Waals surface area contributed by atoms with E-state index in [9.17, 15) is 9.59 Å². The summed E-state index contributed by atoms with van der Waals surface area (Å²) in [6.07, 6.45) is -0.495. The van der Waals surface area contributed by atoms with E-state index in [1.807, 2.05) is 57.3 Å². The number of nitrogens with one attached hydrogen (secondary N) is 1. The van der Waals surface area contributed by atoms with Gasteiger partial charge in [-0.05, 0) is 27.7 Å². The number of rotatable bonds is 5. The van der Waals surface area contributed by atoms with Gasteiger partial charge in [0.2, 0.25) is 5.91 Å².